The van der Waals surface area contributed by atoms with Crippen molar-refractivity contribution in [3.8, 4) is 0 Å². The van der Waals surface area contributed by atoms with E-state index in [1.807, 2.05) is 25.1 Å². The van der Waals surface area contributed by atoms with Gasteiger partial charge in [-0.25, -0.2) is 4.39 Å². The molecule has 1 aromatic heterocycles. The van der Waals surface area contributed by atoms with Crippen LogP contribution in [0.2, 0.25) is 10.0 Å². The maximum atomic E-state index is 13.2. The summed E-state index contributed by atoms with van der Waals surface area (Å²) in [6, 6.07) is 13.2. The van der Waals surface area contributed by atoms with Crippen molar-refractivity contribution in [1.82, 2.24) is 9.78 Å². The highest BCUT2D eigenvalue weighted by molar-refractivity contribution is 6.32. The molecule has 0 aliphatic heterocycles. The first-order valence-corrected chi connectivity index (χ1v) is 8.90. The molecular weight excluding hydrogens is 388 g/mol. The molecule has 2 aromatic carbocycles. The summed E-state index contributed by atoms with van der Waals surface area (Å²) in [6.45, 7) is 2.23. The molecule has 0 aliphatic carbocycles. The third-order valence-electron chi connectivity index (χ3n) is 3.89. The second-order valence-electron chi connectivity index (χ2n) is 5.91. The van der Waals surface area contributed by atoms with Crippen molar-refractivity contribution < 1.29 is 9.18 Å². The average molecular weight is 404 g/mol. The van der Waals surface area contributed by atoms with E-state index in [2.05, 4.69) is 10.4 Å². The third kappa shape index (κ3) is 4.96. The predicted octanol–water partition coefficient (Wildman–Crippen LogP) is 5.34. The van der Waals surface area contributed by atoms with Crippen LogP contribution in [0.1, 0.15) is 16.8 Å². The summed E-state index contributed by atoms with van der Waals surface area (Å²) >= 11 is 12.1. The molecule has 0 unspecified atom stereocenters. The summed E-state index contributed by atoms with van der Waals surface area (Å²) in [5.74, 6) is -0.293. The van der Waals surface area contributed by atoms with E-state index in [4.69, 9.17) is 23.2 Å². The molecule has 0 radical (unpaired) electrons. The number of carbonyl (C=O) groups excluding carboxylic acids is 1. The Morgan fingerprint density at radius 3 is 2.70 bits per heavy atom. The van der Waals surface area contributed by atoms with Gasteiger partial charge in [-0.15, -0.1) is 0 Å². The summed E-state index contributed by atoms with van der Waals surface area (Å²) in [5, 5.41) is 7.96. The van der Waals surface area contributed by atoms with Crippen LogP contribution < -0.4 is 5.32 Å². The predicted molar refractivity (Wildman–Crippen MR) is 107 cm³/mol. The number of halogens is 3. The zero-order chi connectivity index (χ0) is 19.4. The van der Waals surface area contributed by atoms with Crippen LogP contribution in [0.5, 0.6) is 0 Å². The molecule has 1 heterocycles. The monoisotopic (exact) mass is 403 g/mol. The number of anilines is 1. The topological polar surface area (TPSA) is 46.9 Å². The molecule has 4 nitrogen and oxygen atoms in total. The maximum Gasteiger partial charge on any atom is 0.249 e. The van der Waals surface area contributed by atoms with E-state index in [0.717, 1.165) is 16.8 Å². The molecule has 0 atom stereocenters. The van der Waals surface area contributed by atoms with E-state index in [1.54, 1.807) is 29.0 Å². The highest BCUT2D eigenvalue weighted by Crippen LogP contribution is 2.20. The van der Waals surface area contributed by atoms with Gasteiger partial charge in [0.15, 0.2) is 5.82 Å². The lowest BCUT2D eigenvalue weighted by Gasteiger charge is -2.06. The lowest BCUT2D eigenvalue weighted by molar-refractivity contribution is -0.111. The van der Waals surface area contributed by atoms with Gasteiger partial charge in [-0.05, 0) is 42.3 Å². The van der Waals surface area contributed by atoms with E-state index in [1.165, 1.54) is 18.2 Å². The van der Waals surface area contributed by atoms with Crippen molar-refractivity contribution in [2.45, 2.75) is 13.5 Å². The Kier molecular flexibility index (Phi) is 5.94. The number of nitrogens with zero attached hydrogens (tertiary/aromatic N) is 2. The van der Waals surface area contributed by atoms with Gasteiger partial charge >= 0.3 is 0 Å². The number of rotatable bonds is 5. The molecule has 27 heavy (non-hydrogen) atoms. The molecule has 7 heteroatoms. The molecule has 1 N–H and O–H groups in total. The number of benzene rings is 2. The summed E-state index contributed by atoms with van der Waals surface area (Å²) in [6.07, 6.45) is 3.03. The van der Waals surface area contributed by atoms with Gasteiger partial charge in [-0.2, -0.15) is 5.10 Å². The maximum absolute atomic E-state index is 13.2. The van der Waals surface area contributed by atoms with Crippen molar-refractivity contribution in [3.63, 3.8) is 0 Å². The fourth-order valence-corrected chi connectivity index (χ4v) is 2.91. The van der Waals surface area contributed by atoms with Gasteiger partial charge in [0.05, 0.1) is 6.54 Å². The first-order chi connectivity index (χ1) is 12.9. The van der Waals surface area contributed by atoms with Gasteiger partial charge in [0.1, 0.15) is 5.82 Å². The highest BCUT2D eigenvalue weighted by Gasteiger charge is 2.09. The lowest BCUT2D eigenvalue weighted by Crippen LogP contribution is -2.10. The van der Waals surface area contributed by atoms with Crippen molar-refractivity contribution >= 4 is 41.0 Å². The molecule has 0 saturated carbocycles. The normalized spacial score (nSPS) is 11.1. The Hall–Kier alpha value is -2.63. The molecule has 138 valence electrons. The SMILES string of the molecule is Cc1cc(NC(=O)/C=C/c2ccccc2Cl)nn1Cc1ccc(F)cc1Cl. The minimum atomic E-state index is -0.390. The number of aromatic nitrogens is 2. The summed E-state index contributed by atoms with van der Waals surface area (Å²) in [4.78, 5) is 12.1. The largest absolute Gasteiger partial charge is 0.306 e. The Morgan fingerprint density at radius 2 is 1.96 bits per heavy atom. The van der Waals surface area contributed by atoms with E-state index < -0.39 is 0 Å². The molecule has 0 spiro atoms. The van der Waals surface area contributed by atoms with E-state index in [-0.39, 0.29) is 11.7 Å². The first kappa shape index (κ1) is 19.1. The van der Waals surface area contributed by atoms with Gasteiger partial charge in [-0.1, -0.05) is 47.5 Å². The number of amides is 1. The van der Waals surface area contributed by atoms with Crippen LogP contribution in [0.25, 0.3) is 6.08 Å². The fourth-order valence-electron chi connectivity index (χ4n) is 2.49. The minimum absolute atomic E-state index is 0.320. The average Bonchev–Trinajstić information content (AvgIpc) is 2.95. The fraction of sp³-hybridized carbons (Fsp3) is 0.100. The molecule has 3 rings (SSSR count). The first-order valence-electron chi connectivity index (χ1n) is 8.14. The second kappa shape index (κ2) is 8.37. The Labute approximate surface area is 166 Å². The lowest BCUT2D eigenvalue weighted by atomic mass is 10.2. The highest BCUT2D eigenvalue weighted by atomic mass is 35.5. The van der Waals surface area contributed by atoms with Gasteiger partial charge in [0, 0.05) is 27.9 Å². The van der Waals surface area contributed by atoms with Gasteiger partial charge in [0.2, 0.25) is 5.91 Å². The van der Waals surface area contributed by atoms with E-state index in [0.29, 0.717) is 22.4 Å². The molecular formula is C20H16Cl2FN3O. The third-order valence-corrected chi connectivity index (χ3v) is 4.58. The van der Waals surface area contributed by atoms with Crippen molar-refractivity contribution in [2.75, 3.05) is 5.32 Å². The molecule has 0 fully saturated rings. The minimum Gasteiger partial charge on any atom is -0.306 e. The Balaban J connectivity index is 1.69. The van der Waals surface area contributed by atoms with Crippen LogP contribution >= 0.6 is 23.2 Å². The Bertz CT molecular complexity index is 1010. The smallest absolute Gasteiger partial charge is 0.249 e. The van der Waals surface area contributed by atoms with Gasteiger partial charge in [-0.3, -0.25) is 9.48 Å². The summed E-state index contributed by atoms with van der Waals surface area (Å²) < 4.78 is 14.9. The quantitative estimate of drug-likeness (QED) is 0.584. The van der Waals surface area contributed by atoms with Crippen LogP contribution in [-0.4, -0.2) is 15.7 Å². The molecule has 3 aromatic rings. The van der Waals surface area contributed by atoms with Gasteiger partial charge < -0.3 is 5.32 Å². The summed E-state index contributed by atoms with van der Waals surface area (Å²) in [7, 11) is 0. The number of carbonyl (C=O) groups is 1. The van der Waals surface area contributed by atoms with Crippen molar-refractivity contribution in [2.24, 2.45) is 0 Å². The molecule has 0 bridgehead atoms. The van der Waals surface area contributed by atoms with Gasteiger partial charge in [0.25, 0.3) is 0 Å². The number of hydrogen-bond acceptors (Lipinski definition) is 2. The zero-order valence-corrected chi connectivity index (χ0v) is 15.9. The van der Waals surface area contributed by atoms with Crippen LogP contribution in [0.15, 0.2) is 54.6 Å². The standard InChI is InChI=1S/C20H16Cl2FN3O/c1-13-10-19(24-20(27)9-7-14-4-2-3-5-17(14)21)25-26(13)12-15-6-8-16(23)11-18(15)22/h2-11H,12H2,1H3,(H,24,25,27)/b9-7+. The van der Waals surface area contributed by atoms with Crippen molar-refractivity contribution in [1.29, 1.82) is 0 Å². The van der Waals surface area contributed by atoms with Crippen LogP contribution in [-0.2, 0) is 11.3 Å². The van der Waals surface area contributed by atoms with Crippen LogP contribution in [0.4, 0.5) is 10.2 Å². The molecule has 0 aliphatic rings. The van der Waals surface area contributed by atoms with E-state index in [9.17, 15) is 9.18 Å². The molecule has 0 saturated heterocycles. The molecule has 1 amide bonds. The number of nitrogens with one attached hydrogen (secondary N) is 1. The second-order valence-corrected chi connectivity index (χ2v) is 6.72. The zero-order valence-electron chi connectivity index (χ0n) is 14.4. The van der Waals surface area contributed by atoms with Crippen LogP contribution in [0, 0.1) is 12.7 Å². The van der Waals surface area contributed by atoms with Crippen molar-refractivity contribution in [3.05, 3.63) is 87.3 Å². The Morgan fingerprint density at radius 1 is 1.19 bits per heavy atom. The van der Waals surface area contributed by atoms with Crippen LogP contribution in [0.3, 0.4) is 0 Å². The van der Waals surface area contributed by atoms with E-state index >= 15 is 0 Å². The summed E-state index contributed by atoms with van der Waals surface area (Å²) in [5.41, 5.74) is 2.32. The number of hydrogen-bond donors (Lipinski definition) is 1. The number of aryl methyl sites for hydroxylation is 1.